The molecule has 0 aliphatic rings. The molecule has 0 spiro atoms. The van der Waals surface area contributed by atoms with Crippen LogP contribution in [0.3, 0.4) is 0 Å². The zero-order valence-corrected chi connectivity index (χ0v) is 41.2. The van der Waals surface area contributed by atoms with Crippen molar-refractivity contribution in [3.05, 3.63) is 242 Å². The molecule has 4 heterocycles. The number of hydrogen-bond acceptors (Lipinski definition) is 4. The first kappa shape index (κ1) is 42.2. The molecule has 0 atom stereocenters. The van der Waals surface area contributed by atoms with Crippen LogP contribution in [0.1, 0.15) is 11.1 Å². The Morgan fingerprint density at radius 3 is 1.07 bits per heavy atom. The van der Waals surface area contributed by atoms with Gasteiger partial charge in [0.15, 0.2) is 0 Å². The molecule has 0 aliphatic carbocycles. The molecular formula is C68H38N4S2. The molecule has 15 aromatic rings. The van der Waals surface area contributed by atoms with Gasteiger partial charge in [0.1, 0.15) is 12.1 Å². The molecule has 0 aliphatic heterocycles. The normalized spacial score (nSPS) is 11.8. The minimum Gasteiger partial charge on any atom is -0.306 e. The van der Waals surface area contributed by atoms with Crippen LogP contribution in [-0.4, -0.2) is 9.13 Å². The molecule has 0 fully saturated rings. The molecule has 0 N–H and O–H groups in total. The SMILES string of the molecule is N#Cc1c(-c2ccccc2)c(C#N)c(-n2c3cc(-c4ccccc4)ccc3c3ccc4c5ccccc5sc4c32)c(-c2ccccc2)c1-n1c2cc(-c3ccccc3)ccc2c2ccc3c4ccccc4sc3c21. The highest BCUT2D eigenvalue weighted by Gasteiger charge is 2.33. The van der Waals surface area contributed by atoms with Gasteiger partial charge in [0.25, 0.3) is 0 Å². The van der Waals surface area contributed by atoms with Gasteiger partial charge in [-0.05, 0) is 57.6 Å². The zero-order chi connectivity index (χ0) is 49.0. The highest BCUT2D eigenvalue weighted by Crippen LogP contribution is 2.52. The van der Waals surface area contributed by atoms with E-state index in [4.69, 9.17) is 0 Å². The van der Waals surface area contributed by atoms with Crippen molar-refractivity contribution in [3.8, 4) is 68.0 Å². The summed E-state index contributed by atoms with van der Waals surface area (Å²) in [5.41, 5.74) is 13.7. The molecule has 0 amide bonds. The van der Waals surface area contributed by atoms with Crippen LogP contribution < -0.4 is 0 Å². The van der Waals surface area contributed by atoms with Gasteiger partial charge in [-0.3, -0.25) is 0 Å². The lowest BCUT2D eigenvalue weighted by Gasteiger charge is -2.26. The number of nitriles is 2. The number of benzene rings is 11. The Balaban J connectivity index is 1.23. The Morgan fingerprint density at radius 1 is 0.297 bits per heavy atom. The smallest absolute Gasteiger partial charge is 0.102 e. The zero-order valence-electron chi connectivity index (χ0n) is 39.5. The second-order valence-corrected chi connectivity index (χ2v) is 21.0. The maximum Gasteiger partial charge on any atom is 0.102 e. The molecule has 0 bridgehead atoms. The van der Waals surface area contributed by atoms with Crippen molar-refractivity contribution in [3.63, 3.8) is 0 Å². The summed E-state index contributed by atoms with van der Waals surface area (Å²) in [4.78, 5) is 0. The number of hydrogen-bond donors (Lipinski definition) is 0. The van der Waals surface area contributed by atoms with E-state index >= 15 is 0 Å². The first-order valence-corrected chi connectivity index (χ1v) is 26.3. The lowest BCUT2D eigenvalue weighted by Crippen LogP contribution is -2.11. The fraction of sp³-hybridized carbons (Fsp3) is 0. The van der Waals surface area contributed by atoms with Crippen molar-refractivity contribution in [2.75, 3.05) is 0 Å². The lowest BCUT2D eigenvalue weighted by atomic mass is 9.86. The van der Waals surface area contributed by atoms with Gasteiger partial charge in [0.2, 0.25) is 0 Å². The Labute approximate surface area is 433 Å². The van der Waals surface area contributed by atoms with Gasteiger partial charge in [-0.1, -0.05) is 206 Å². The van der Waals surface area contributed by atoms with E-state index in [9.17, 15) is 10.5 Å². The lowest BCUT2D eigenvalue weighted by molar-refractivity contribution is 1.13. The largest absolute Gasteiger partial charge is 0.306 e. The topological polar surface area (TPSA) is 57.4 Å². The Hall–Kier alpha value is -9.56. The minimum absolute atomic E-state index is 0.426. The van der Waals surface area contributed by atoms with Gasteiger partial charge >= 0.3 is 0 Å². The Kier molecular flexibility index (Phi) is 9.40. The number of thiophene rings is 2. The monoisotopic (exact) mass is 974 g/mol. The molecule has 342 valence electrons. The van der Waals surface area contributed by atoms with Crippen LogP contribution in [0.5, 0.6) is 0 Å². The van der Waals surface area contributed by atoms with Crippen LogP contribution in [-0.2, 0) is 0 Å². The maximum absolute atomic E-state index is 12.2. The average molecular weight is 975 g/mol. The molecule has 6 heteroatoms. The van der Waals surface area contributed by atoms with Gasteiger partial charge in [0.05, 0.1) is 54.0 Å². The summed E-state index contributed by atoms with van der Waals surface area (Å²) < 4.78 is 9.44. The number of fused-ring (bicyclic) bond motifs is 14. The van der Waals surface area contributed by atoms with Crippen LogP contribution >= 0.6 is 22.7 Å². The molecule has 74 heavy (non-hydrogen) atoms. The van der Waals surface area contributed by atoms with E-state index in [0.717, 1.165) is 114 Å². The summed E-state index contributed by atoms with van der Waals surface area (Å²) in [5, 5.41) is 33.5. The van der Waals surface area contributed by atoms with Crippen molar-refractivity contribution >= 4 is 107 Å². The van der Waals surface area contributed by atoms with Crippen LogP contribution in [0.25, 0.3) is 140 Å². The highest BCUT2D eigenvalue weighted by atomic mass is 32.1. The van der Waals surface area contributed by atoms with Crippen LogP contribution in [0.15, 0.2) is 231 Å². The predicted octanol–water partition coefficient (Wildman–Crippen LogP) is 19.0. The van der Waals surface area contributed by atoms with Gasteiger partial charge < -0.3 is 9.13 Å². The van der Waals surface area contributed by atoms with E-state index in [-0.39, 0.29) is 0 Å². The van der Waals surface area contributed by atoms with Crippen LogP contribution in [0.4, 0.5) is 0 Å². The van der Waals surface area contributed by atoms with E-state index in [1.807, 2.05) is 36.4 Å². The third kappa shape index (κ3) is 6.11. The third-order valence-electron chi connectivity index (χ3n) is 15.0. The van der Waals surface area contributed by atoms with E-state index in [1.54, 1.807) is 22.7 Å². The van der Waals surface area contributed by atoms with Crippen LogP contribution in [0.2, 0.25) is 0 Å². The fourth-order valence-electron chi connectivity index (χ4n) is 11.8. The summed E-state index contributed by atoms with van der Waals surface area (Å²) in [7, 11) is 0. The van der Waals surface area contributed by atoms with Crippen molar-refractivity contribution < 1.29 is 0 Å². The molecule has 0 radical (unpaired) electrons. The summed E-state index contributed by atoms with van der Waals surface area (Å²) >= 11 is 3.58. The summed E-state index contributed by atoms with van der Waals surface area (Å²) in [5.74, 6) is 0. The first-order valence-electron chi connectivity index (χ1n) is 24.7. The molecule has 0 saturated heterocycles. The number of nitrogens with zero attached hydrogens (tertiary/aromatic N) is 4. The van der Waals surface area contributed by atoms with Crippen LogP contribution in [0, 0.1) is 22.7 Å². The van der Waals surface area contributed by atoms with E-state index in [2.05, 4.69) is 215 Å². The van der Waals surface area contributed by atoms with Gasteiger partial charge in [-0.15, -0.1) is 22.7 Å². The van der Waals surface area contributed by atoms with E-state index in [1.165, 1.54) is 20.2 Å². The Morgan fingerprint density at radius 2 is 0.649 bits per heavy atom. The summed E-state index contributed by atoms with van der Waals surface area (Å²) in [6, 6.07) is 87.2. The molecule has 0 saturated carbocycles. The van der Waals surface area contributed by atoms with Gasteiger partial charge in [-0.2, -0.15) is 10.5 Å². The molecule has 11 aromatic carbocycles. The molecular weight excluding hydrogens is 937 g/mol. The molecule has 0 unspecified atom stereocenters. The van der Waals surface area contributed by atoms with E-state index < -0.39 is 0 Å². The Bertz CT molecular complexity index is 4620. The van der Waals surface area contributed by atoms with Crippen molar-refractivity contribution in [1.29, 1.82) is 10.5 Å². The first-order chi connectivity index (χ1) is 36.7. The quantitative estimate of drug-likeness (QED) is 0.167. The standard InChI is InChI=1S/C68H38N4S2/c69-39-55-61(43-21-9-3-10-22-43)56(40-70)64(72-58-38-46(42-19-7-2-8-20-42)30-32-48(58)52-34-36-54-50-26-14-16-28-60(50)74-68(54)66(52)72)62(44-23-11-4-12-24-44)63(55)71-57-37-45(41-17-5-1-6-18-41)29-31-47(57)51-33-35-53-49-25-13-15-27-59(49)73-67(53)65(51)71/h1-38H. The van der Waals surface area contributed by atoms with Gasteiger partial charge in [-0.25, -0.2) is 0 Å². The fourth-order valence-corrected chi connectivity index (χ4v) is 14.3. The van der Waals surface area contributed by atoms with Crippen molar-refractivity contribution in [2.24, 2.45) is 0 Å². The van der Waals surface area contributed by atoms with E-state index in [0.29, 0.717) is 16.7 Å². The van der Waals surface area contributed by atoms with Gasteiger partial charge in [0, 0.05) is 63.6 Å². The second kappa shape index (κ2) is 16.5. The third-order valence-corrected chi connectivity index (χ3v) is 17.4. The molecule has 15 rings (SSSR count). The van der Waals surface area contributed by atoms with Crippen molar-refractivity contribution in [2.45, 2.75) is 0 Å². The summed E-state index contributed by atoms with van der Waals surface area (Å²) in [6.07, 6.45) is 0. The van der Waals surface area contributed by atoms with Crippen molar-refractivity contribution in [1.82, 2.24) is 9.13 Å². The minimum atomic E-state index is 0.426. The number of aromatic nitrogens is 2. The molecule has 4 aromatic heterocycles. The maximum atomic E-state index is 12.2. The number of rotatable bonds is 6. The molecule has 4 nitrogen and oxygen atoms in total. The average Bonchev–Trinajstić information content (AvgIpc) is 4.23. The summed E-state index contributed by atoms with van der Waals surface area (Å²) in [6.45, 7) is 0. The highest BCUT2D eigenvalue weighted by molar-refractivity contribution is 7.27. The predicted molar refractivity (Wildman–Crippen MR) is 312 cm³/mol. The second-order valence-electron chi connectivity index (χ2n) is 18.9.